The number of carbonyl (C=O) groups is 2. The maximum atomic E-state index is 12.0. The van der Waals surface area contributed by atoms with E-state index in [1.54, 1.807) is 12.1 Å². The number of likely N-dealkylation sites (N-methyl/N-ethyl adjacent to an activating group) is 1. The number of quaternary nitrogens is 1. The quantitative estimate of drug-likeness (QED) is 0.717. The molecule has 0 spiro atoms. The Balaban J connectivity index is 1.76. The van der Waals surface area contributed by atoms with Gasteiger partial charge in [0.1, 0.15) is 6.54 Å². The second kappa shape index (κ2) is 9.42. The second-order valence-electron chi connectivity index (χ2n) is 5.76. The molecular weight excluding hydrogens is 361 g/mol. The molecule has 0 bridgehead atoms. The summed E-state index contributed by atoms with van der Waals surface area (Å²) in [4.78, 5) is 24.6. The summed E-state index contributed by atoms with van der Waals surface area (Å²) in [7, 11) is 1.85. The molecule has 0 fully saturated rings. The lowest BCUT2D eigenvalue weighted by atomic mass is 10.2. The number of hydrogen-bond acceptors (Lipinski definition) is 2. The van der Waals surface area contributed by atoms with Crippen molar-refractivity contribution >= 4 is 35.1 Å². The van der Waals surface area contributed by atoms with E-state index in [-0.39, 0.29) is 12.5 Å². The highest BCUT2D eigenvalue weighted by Gasteiger charge is 2.14. The lowest BCUT2D eigenvalue weighted by molar-refractivity contribution is -0.885. The molecule has 0 saturated heterocycles. The van der Waals surface area contributed by atoms with E-state index in [9.17, 15) is 9.59 Å². The van der Waals surface area contributed by atoms with Crippen molar-refractivity contribution in [3.63, 3.8) is 0 Å². The van der Waals surface area contributed by atoms with E-state index < -0.39 is 6.03 Å². The highest BCUT2D eigenvalue weighted by Crippen LogP contribution is 2.20. The van der Waals surface area contributed by atoms with E-state index in [1.165, 1.54) is 0 Å². The summed E-state index contributed by atoms with van der Waals surface area (Å²) in [6.07, 6.45) is 0. The van der Waals surface area contributed by atoms with Crippen molar-refractivity contribution in [3.05, 3.63) is 69.7 Å². The Morgan fingerprint density at radius 2 is 1.80 bits per heavy atom. The predicted octanol–water partition coefficient (Wildman–Crippen LogP) is 2.03. The maximum Gasteiger partial charge on any atom is 0.321 e. The van der Waals surface area contributed by atoms with E-state index in [0.29, 0.717) is 23.1 Å². The molecule has 2 aromatic carbocycles. The molecule has 3 N–H and O–H groups in total. The first-order valence-corrected chi connectivity index (χ1v) is 8.56. The van der Waals surface area contributed by atoms with Gasteiger partial charge in [-0.15, -0.1) is 0 Å². The summed E-state index contributed by atoms with van der Waals surface area (Å²) in [5.74, 6) is -0.354. The fourth-order valence-electron chi connectivity index (χ4n) is 2.32. The molecule has 2 aromatic rings. The van der Waals surface area contributed by atoms with Gasteiger partial charge in [-0.3, -0.25) is 10.1 Å². The molecule has 5 nitrogen and oxygen atoms in total. The maximum absolute atomic E-state index is 12.0. The first-order valence-electron chi connectivity index (χ1n) is 7.81. The van der Waals surface area contributed by atoms with Gasteiger partial charge in [0, 0.05) is 17.1 Å². The van der Waals surface area contributed by atoms with Crippen molar-refractivity contribution in [2.45, 2.75) is 13.1 Å². The fraction of sp³-hybridized carbons (Fsp3) is 0.222. The molecule has 0 aliphatic carbocycles. The van der Waals surface area contributed by atoms with Gasteiger partial charge in [-0.2, -0.15) is 0 Å². The van der Waals surface area contributed by atoms with Gasteiger partial charge in [-0.25, -0.2) is 4.79 Å². The van der Waals surface area contributed by atoms with Crippen LogP contribution in [0, 0.1) is 0 Å². The molecule has 3 amide bonds. The van der Waals surface area contributed by atoms with Gasteiger partial charge in [0.25, 0.3) is 5.91 Å². The van der Waals surface area contributed by atoms with Crippen LogP contribution in [0.2, 0.25) is 10.0 Å². The molecule has 1 unspecified atom stereocenters. The van der Waals surface area contributed by atoms with Crippen molar-refractivity contribution in [1.29, 1.82) is 0 Å². The third-order valence-electron chi connectivity index (χ3n) is 3.52. The van der Waals surface area contributed by atoms with Crippen molar-refractivity contribution in [3.8, 4) is 0 Å². The number of carbonyl (C=O) groups excluding carboxylic acids is 2. The Kier molecular flexibility index (Phi) is 7.25. The molecule has 0 aliphatic rings. The largest absolute Gasteiger partial charge is 0.334 e. The summed E-state index contributed by atoms with van der Waals surface area (Å²) >= 11 is 12.0. The normalized spacial score (nSPS) is 11.6. The average Bonchev–Trinajstić information content (AvgIpc) is 2.56. The first-order chi connectivity index (χ1) is 11.9. The van der Waals surface area contributed by atoms with E-state index >= 15 is 0 Å². The van der Waals surface area contributed by atoms with Gasteiger partial charge in [0.05, 0.1) is 12.1 Å². The van der Waals surface area contributed by atoms with Crippen molar-refractivity contribution < 1.29 is 14.5 Å². The van der Waals surface area contributed by atoms with Gasteiger partial charge in [-0.05, 0) is 17.7 Å². The van der Waals surface area contributed by atoms with E-state index in [2.05, 4.69) is 10.6 Å². The number of rotatable bonds is 6. The first kappa shape index (κ1) is 19.2. The third-order valence-corrected chi connectivity index (χ3v) is 4.11. The smallest absolute Gasteiger partial charge is 0.321 e. The highest BCUT2D eigenvalue weighted by atomic mass is 35.5. The summed E-state index contributed by atoms with van der Waals surface area (Å²) < 4.78 is 0. The Labute approximate surface area is 156 Å². The van der Waals surface area contributed by atoms with Crippen LogP contribution in [0.3, 0.4) is 0 Å². The molecule has 2 rings (SSSR count). The minimum absolute atomic E-state index is 0.151. The lowest BCUT2D eigenvalue weighted by Crippen LogP contribution is -3.09. The Morgan fingerprint density at radius 1 is 1.08 bits per heavy atom. The zero-order valence-corrected chi connectivity index (χ0v) is 15.3. The van der Waals surface area contributed by atoms with Gasteiger partial charge in [0.2, 0.25) is 0 Å². The molecule has 0 heterocycles. The van der Waals surface area contributed by atoms with Crippen LogP contribution in [0.1, 0.15) is 11.1 Å². The summed E-state index contributed by atoms with van der Waals surface area (Å²) in [6, 6.07) is 14.2. The van der Waals surface area contributed by atoms with Crippen LogP contribution in [-0.2, 0) is 17.9 Å². The van der Waals surface area contributed by atoms with Crippen LogP contribution in [0.25, 0.3) is 0 Å². The minimum atomic E-state index is -0.508. The molecule has 7 heteroatoms. The number of halogens is 2. The van der Waals surface area contributed by atoms with Crippen LogP contribution in [-0.4, -0.2) is 25.5 Å². The molecule has 0 aromatic heterocycles. The average molecular weight is 381 g/mol. The number of benzene rings is 2. The van der Waals surface area contributed by atoms with E-state index in [1.807, 2.05) is 43.4 Å². The standard InChI is InChI=1S/C18H19Cl2N3O2/c1-23(11-14-7-8-15(19)9-16(14)20)12-17(24)22-18(25)21-10-13-5-3-2-4-6-13/h2-9H,10-12H2,1H3,(H2,21,22,24,25)/p+1. The van der Waals surface area contributed by atoms with E-state index in [0.717, 1.165) is 16.0 Å². The molecular formula is C18H20Cl2N3O2+. The van der Waals surface area contributed by atoms with Crippen LogP contribution in [0.4, 0.5) is 4.79 Å². The van der Waals surface area contributed by atoms with Crippen molar-refractivity contribution in [1.82, 2.24) is 10.6 Å². The zero-order chi connectivity index (χ0) is 18.2. The van der Waals surface area contributed by atoms with Crippen LogP contribution in [0.5, 0.6) is 0 Å². The number of imide groups is 1. The van der Waals surface area contributed by atoms with Gasteiger partial charge < -0.3 is 10.2 Å². The van der Waals surface area contributed by atoms with Crippen LogP contribution >= 0.6 is 23.2 Å². The van der Waals surface area contributed by atoms with Crippen molar-refractivity contribution in [2.75, 3.05) is 13.6 Å². The SMILES string of the molecule is C[NH+](CC(=O)NC(=O)NCc1ccccc1)Cc1ccc(Cl)cc1Cl. The van der Waals surface area contributed by atoms with E-state index in [4.69, 9.17) is 23.2 Å². The molecule has 0 radical (unpaired) electrons. The molecule has 0 aliphatic heterocycles. The zero-order valence-electron chi connectivity index (χ0n) is 13.8. The molecule has 1 atom stereocenters. The monoisotopic (exact) mass is 380 g/mol. The predicted molar refractivity (Wildman–Crippen MR) is 98.7 cm³/mol. The minimum Gasteiger partial charge on any atom is -0.334 e. The summed E-state index contributed by atoms with van der Waals surface area (Å²) in [5, 5.41) is 6.11. The summed E-state index contributed by atoms with van der Waals surface area (Å²) in [6.45, 7) is 1.07. The van der Waals surface area contributed by atoms with Gasteiger partial charge in [0.15, 0.2) is 6.54 Å². The Hall–Kier alpha value is -2.08. The number of amides is 3. The third kappa shape index (κ3) is 6.74. The second-order valence-corrected chi connectivity index (χ2v) is 6.61. The topological polar surface area (TPSA) is 62.6 Å². The Bertz CT molecular complexity index is 738. The van der Waals surface area contributed by atoms with Crippen LogP contribution < -0.4 is 15.5 Å². The number of urea groups is 1. The number of nitrogens with one attached hydrogen (secondary N) is 3. The van der Waals surface area contributed by atoms with Gasteiger partial charge >= 0.3 is 6.03 Å². The Morgan fingerprint density at radius 3 is 2.48 bits per heavy atom. The lowest BCUT2D eigenvalue weighted by Gasteiger charge is -2.14. The van der Waals surface area contributed by atoms with Gasteiger partial charge in [-0.1, -0.05) is 59.6 Å². The molecule has 25 heavy (non-hydrogen) atoms. The fourth-order valence-corrected chi connectivity index (χ4v) is 2.80. The highest BCUT2D eigenvalue weighted by molar-refractivity contribution is 6.35. The van der Waals surface area contributed by atoms with Crippen molar-refractivity contribution in [2.24, 2.45) is 0 Å². The molecule has 132 valence electrons. The summed E-state index contributed by atoms with van der Waals surface area (Å²) in [5.41, 5.74) is 1.86. The van der Waals surface area contributed by atoms with Crippen LogP contribution in [0.15, 0.2) is 48.5 Å². The molecule has 0 saturated carbocycles. The number of hydrogen-bond donors (Lipinski definition) is 3.